The zero-order valence-electron chi connectivity index (χ0n) is 22.9. The second-order valence-electron chi connectivity index (χ2n) is 10.9. The number of hydrogen-bond acceptors (Lipinski definition) is 5. The van der Waals surface area contributed by atoms with Crippen LogP contribution in [0.2, 0.25) is 0 Å². The first-order valence-electron chi connectivity index (χ1n) is 13.1. The van der Waals surface area contributed by atoms with E-state index in [1.54, 1.807) is 32.2 Å². The van der Waals surface area contributed by atoms with Gasteiger partial charge in [0.15, 0.2) is 0 Å². The minimum absolute atomic E-state index is 0.102. The number of ether oxygens (including phenoxy) is 1. The Labute approximate surface area is 227 Å². The number of likely N-dealkylation sites (N-methyl/N-ethyl adjacent to an activating group) is 2. The Kier molecular flexibility index (Phi) is 6.59. The van der Waals surface area contributed by atoms with Gasteiger partial charge in [-0.1, -0.05) is 38.1 Å². The van der Waals surface area contributed by atoms with E-state index in [-0.39, 0.29) is 36.6 Å². The van der Waals surface area contributed by atoms with Gasteiger partial charge >= 0.3 is 0 Å². The Bertz CT molecular complexity index is 1500. The van der Waals surface area contributed by atoms with Gasteiger partial charge in [-0.2, -0.15) is 5.26 Å². The van der Waals surface area contributed by atoms with E-state index in [0.717, 1.165) is 22.2 Å². The normalized spacial score (nSPS) is 20.9. The molecule has 1 aromatic heterocycles. The largest absolute Gasteiger partial charge is 0.496 e. The second kappa shape index (κ2) is 9.77. The maximum Gasteiger partial charge on any atom is 0.270 e. The summed E-state index contributed by atoms with van der Waals surface area (Å²) in [7, 11) is 4.92. The number of carbonyl (C=O) groups is 3. The summed E-state index contributed by atoms with van der Waals surface area (Å²) in [4.78, 5) is 49.1. The Morgan fingerprint density at radius 3 is 2.67 bits per heavy atom. The van der Waals surface area contributed by atoms with Crippen LogP contribution in [0.15, 0.2) is 48.5 Å². The SMILES string of the molecule is COc1cccc2[nH]c(C(=O)N(C)[C@@H](CC(C)C)C(=O)N3C[C@]4(C[C@H]3C#N)C(=O)N(C)c3ccccc34)cc12. The molecule has 0 unspecified atom stereocenters. The van der Waals surface area contributed by atoms with Gasteiger partial charge in [-0.3, -0.25) is 14.4 Å². The molecule has 2 aromatic carbocycles. The highest BCUT2D eigenvalue weighted by atomic mass is 16.5. The first-order chi connectivity index (χ1) is 18.6. The van der Waals surface area contributed by atoms with Crippen LogP contribution in [0.3, 0.4) is 0 Å². The standard InChI is InChI=1S/C30H33N5O4/c1-18(2)13-25(33(3)27(36)23-14-20-22(32-23)10-8-12-26(20)39-5)28(37)35-17-30(15-19(35)16-31)21-9-6-7-11-24(21)34(4)29(30)38/h6-12,14,18-19,25,32H,13,15,17H2,1-5H3/t19-,25-,30-/m0/s1. The number of anilines is 1. The van der Waals surface area contributed by atoms with Gasteiger partial charge < -0.3 is 24.4 Å². The molecule has 1 N–H and O–H groups in total. The van der Waals surface area contributed by atoms with Crippen molar-refractivity contribution in [1.82, 2.24) is 14.8 Å². The van der Waals surface area contributed by atoms with Crippen molar-refractivity contribution >= 4 is 34.3 Å². The van der Waals surface area contributed by atoms with Gasteiger partial charge in [0.05, 0.1) is 18.6 Å². The molecule has 3 heterocycles. The third-order valence-electron chi connectivity index (χ3n) is 8.13. The summed E-state index contributed by atoms with van der Waals surface area (Å²) in [6.07, 6.45) is 0.639. The number of benzene rings is 2. The van der Waals surface area contributed by atoms with E-state index >= 15 is 0 Å². The van der Waals surface area contributed by atoms with E-state index in [4.69, 9.17) is 4.74 Å². The predicted molar refractivity (Wildman–Crippen MR) is 147 cm³/mol. The van der Waals surface area contributed by atoms with Crippen LogP contribution in [-0.4, -0.2) is 72.3 Å². The molecule has 0 saturated carbocycles. The predicted octanol–water partition coefficient (Wildman–Crippen LogP) is 3.70. The third-order valence-corrected chi connectivity index (χ3v) is 8.13. The van der Waals surface area contributed by atoms with Crippen molar-refractivity contribution in [1.29, 1.82) is 5.26 Å². The number of amides is 3. The van der Waals surface area contributed by atoms with Gasteiger partial charge in [0.25, 0.3) is 5.91 Å². The van der Waals surface area contributed by atoms with Crippen LogP contribution in [-0.2, 0) is 15.0 Å². The molecule has 9 heteroatoms. The van der Waals surface area contributed by atoms with Crippen molar-refractivity contribution in [2.45, 2.75) is 44.2 Å². The lowest BCUT2D eigenvalue weighted by Gasteiger charge is -2.33. The zero-order valence-corrected chi connectivity index (χ0v) is 22.9. The molecule has 2 aliphatic rings. The smallest absolute Gasteiger partial charge is 0.270 e. The van der Waals surface area contributed by atoms with Crippen LogP contribution >= 0.6 is 0 Å². The second-order valence-corrected chi connectivity index (χ2v) is 10.9. The number of aromatic nitrogens is 1. The van der Waals surface area contributed by atoms with E-state index in [9.17, 15) is 19.6 Å². The number of nitrogens with zero attached hydrogens (tertiary/aromatic N) is 4. The number of rotatable bonds is 6. The first kappa shape index (κ1) is 26.3. The number of hydrogen-bond donors (Lipinski definition) is 1. The van der Waals surface area contributed by atoms with Crippen LogP contribution < -0.4 is 9.64 Å². The fourth-order valence-electron chi connectivity index (χ4n) is 6.13. The maximum absolute atomic E-state index is 14.2. The number of para-hydroxylation sites is 1. The van der Waals surface area contributed by atoms with Gasteiger partial charge in [-0.25, -0.2) is 0 Å². The number of H-pyrrole nitrogens is 1. The van der Waals surface area contributed by atoms with Crippen molar-refractivity contribution in [2.24, 2.45) is 5.92 Å². The highest BCUT2D eigenvalue weighted by Gasteiger charge is 2.58. The number of methoxy groups -OCH3 is 1. The number of nitriles is 1. The summed E-state index contributed by atoms with van der Waals surface area (Å²) < 4.78 is 5.43. The Hall–Kier alpha value is -4.32. The first-order valence-corrected chi connectivity index (χ1v) is 13.1. The topological polar surface area (TPSA) is 110 Å². The Morgan fingerprint density at radius 1 is 1.23 bits per heavy atom. The number of aromatic amines is 1. The molecule has 202 valence electrons. The summed E-state index contributed by atoms with van der Waals surface area (Å²) >= 11 is 0. The number of fused-ring (bicyclic) bond motifs is 3. The van der Waals surface area contributed by atoms with E-state index < -0.39 is 17.5 Å². The molecule has 2 aliphatic heterocycles. The summed E-state index contributed by atoms with van der Waals surface area (Å²) in [5.41, 5.74) is 1.76. The molecule has 1 spiro atoms. The fraction of sp³-hybridized carbons (Fsp3) is 0.400. The molecule has 3 atom stereocenters. The average Bonchev–Trinajstić information content (AvgIpc) is 3.61. The Morgan fingerprint density at radius 2 is 1.97 bits per heavy atom. The van der Waals surface area contributed by atoms with Gasteiger partial charge in [-0.15, -0.1) is 0 Å². The molecule has 0 aliphatic carbocycles. The van der Waals surface area contributed by atoms with Crippen molar-refractivity contribution in [3.8, 4) is 11.8 Å². The van der Waals surface area contributed by atoms with E-state index in [1.165, 1.54) is 9.80 Å². The van der Waals surface area contributed by atoms with Crippen LogP contribution in [0.5, 0.6) is 5.75 Å². The van der Waals surface area contributed by atoms with Crippen LogP contribution in [0.4, 0.5) is 5.69 Å². The van der Waals surface area contributed by atoms with E-state index in [2.05, 4.69) is 11.1 Å². The van der Waals surface area contributed by atoms with Gasteiger partial charge in [0.1, 0.15) is 23.5 Å². The lowest BCUT2D eigenvalue weighted by atomic mass is 9.79. The molecule has 3 amide bonds. The van der Waals surface area contributed by atoms with Crippen LogP contribution in [0, 0.1) is 17.2 Å². The van der Waals surface area contributed by atoms with Crippen molar-refractivity contribution in [3.05, 3.63) is 59.8 Å². The van der Waals surface area contributed by atoms with E-state index in [1.807, 2.05) is 56.3 Å². The number of carbonyl (C=O) groups excluding carboxylic acids is 3. The molecule has 1 fully saturated rings. The molecular formula is C30H33N5O4. The summed E-state index contributed by atoms with van der Waals surface area (Å²) in [6.45, 7) is 4.08. The van der Waals surface area contributed by atoms with Gasteiger partial charge in [0, 0.05) is 43.7 Å². The van der Waals surface area contributed by atoms with Crippen LogP contribution in [0.25, 0.3) is 10.9 Å². The zero-order chi connectivity index (χ0) is 28.1. The Balaban J connectivity index is 1.47. The summed E-state index contributed by atoms with van der Waals surface area (Å²) in [5, 5.41) is 10.9. The molecule has 3 aromatic rings. The number of nitrogens with one attached hydrogen (secondary N) is 1. The van der Waals surface area contributed by atoms with Gasteiger partial charge in [-0.05, 0) is 42.2 Å². The van der Waals surface area contributed by atoms with Gasteiger partial charge in [0.2, 0.25) is 11.8 Å². The lowest BCUT2D eigenvalue weighted by molar-refractivity contribution is -0.136. The summed E-state index contributed by atoms with van der Waals surface area (Å²) in [5.74, 6) is -0.0237. The maximum atomic E-state index is 14.2. The highest BCUT2D eigenvalue weighted by molar-refractivity contribution is 6.09. The van der Waals surface area contributed by atoms with Crippen molar-refractivity contribution in [3.63, 3.8) is 0 Å². The van der Waals surface area contributed by atoms with E-state index in [0.29, 0.717) is 17.9 Å². The highest BCUT2D eigenvalue weighted by Crippen LogP contribution is 2.48. The minimum Gasteiger partial charge on any atom is -0.496 e. The monoisotopic (exact) mass is 527 g/mol. The summed E-state index contributed by atoms with van der Waals surface area (Å²) in [6, 6.07) is 15.5. The van der Waals surface area contributed by atoms with Crippen LogP contribution in [0.1, 0.15) is 42.7 Å². The fourth-order valence-corrected chi connectivity index (χ4v) is 6.13. The molecule has 5 rings (SSSR count). The molecule has 1 saturated heterocycles. The van der Waals surface area contributed by atoms with Crippen molar-refractivity contribution < 1.29 is 19.1 Å². The number of likely N-dealkylation sites (tertiary alicyclic amines) is 1. The van der Waals surface area contributed by atoms with Crippen molar-refractivity contribution in [2.75, 3.05) is 32.6 Å². The minimum atomic E-state index is -0.972. The average molecular weight is 528 g/mol. The molecule has 39 heavy (non-hydrogen) atoms. The lowest BCUT2D eigenvalue weighted by Crippen LogP contribution is -2.52. The molecule has 0 bridgehead atoms. The quantitative estimate of drug-likeness (QED) is 0.526. The molecule has 9 nitrogen and oxygen atoms in total. The molecular weight excluding hydrogens is 494 g/mol. The molecule has 0 radical (unpaired) electrons. The third kappa shape index (κ3) is 4.11.